The number of hydrogen-bond donors (Lipinski definition) is 1. The Balaban J connectivity index is 3.70. The first kappa shape index (κ1) is 9.92. The third-order valence-corrected chi connectivity index (χ3v) is 2.01. The van der Waals surface area contributed by atoms with Crippen molar-refractivity contribution in [1.29, 1.82) is 0 Å². The van der Waals surface area contributed by atoms with Crippen molar-refractivity contribution in [3.63, 3.8) is 0 Å². The Morgan fingerprint density at radius 3 is 1.80 bits per heavy atom. The molecule has 1 N–H and O–H groups in total. The molecule has 0 heterocycles. The molecule has 0 saturated carbocycles. The van der Waals surface area contributed by atoms with E-state index >= 15 is 0 Å². The zero-order chi connectivity index (χ0) is 7.98. The Bertz CT molecular complexity index is 57.7. The molecule has 0 rings (SSSR count). The monoisotopic (exact) mass is 145 g/mol. The van der Waals surface area contributed by atoms with Gasteiger partial charge in [0.25, 0.3) is 0 Å². The summed E-state index contributed by atoms with van der Waals surface area (Å²) in [4.78, 5) is 2.28. The Morgan fingerprint density at radius 1 is 1.20 bits per heavy atom. The second kappa shape index (κ2) is 5.69. The van der Waals surface area contributed by atoms with Gasteiger partial charge in [0.15, 0.2) is 0 Å². The Labute approximate surface area is 63.8 Å². The molecule has 0 aliphatic heterocycles. The van der Waals surface area contributed by atoms with Crippen LogP contribution in [0.1, 0.15) is 27.2 Å². The fraction of sp³-hybridized carbons (Fsp3) is 1.00. The van der Waals surface area contributed by atoms with Crippen LogP contribution in [0.5, 0.6) is 0 Å². The summed E-state index contributed by atoms with van der Waals surface area (Å²) in [5.41, 5.74) is 0. The molecule has 0 saturated heterocycles. The van der Waals surface area contributed by atoms with Crippen molar-refractivity contribution in [3.05, 3.63) is 0 Å². The Kier molecular flexibility index (Phi) is 5.64. The maximum atomic E-state index is 8.92. The van der Waals surface area contributed by atoms with E-state index in [0.29, 0.717) is 6.04 Å². The normalized spacial score (nSPS) is 14.1. The largest absolute Gasteiger partial charge is 0.395 e. The van der Waals surface area contributed by atoms with Gasteiger partial charge in [-0.05, 0) is 19.5 Å². The maximum absolute atomic E-state index is 8.92. The number of hydrogen-bond acceptors (Lipinski definition) is 2. The van der Waals surface area contributed by atoms with E-state index in [1.165, 1.54) is 0 Å². The lowest BCUT2D eigenvalue weighted by Crippen LogP contribution is -2.37. The zero-order valence-electron chi connectivity index (χ0n) is 7.30. The first-order valence-corrected chi connectivity index (χ1v) is 4.14. The number of rotatable bonds is 5. The minimum atomic E-state index is 0.290. The Hall–Kier alpha value is -0.0800. The second-order valence-electron chi connectivity index (χ2n) is 2.47. The van der Waals surface area contributed by atoms with E-state index in [0.717, 1.165) is 19.5 Å². The summed E-state index contributed by atoms with van der Waals surface area (Å²) in [6, 6.07) is 0.370. The number of aliphatic hydroxyl groups is 1. The number of aliphatic hydroxyl groups excluding tert-OH is 1. The van der Waals surface area contributed by atoms with Crippen LogP contribution in [0.15, 0.2) is 0 Å². The van der Waals surface area contributed by atoms with Crippen molar-refractivity contribution in [2.75, 3.05) is 19.7 Å². The predicted molar refractivity (Wildman–Crippen MR) is 44.1 cm³/mol. The van der Waals surface area contributed by atoms with Gasteiger partial charge in [-0.1, -0.05) is 20.8 Å². The highest BCUT2D eigenvalue weighted by molar-refractivity contribution is 4.65. The van der Waals surface area contributed by atoms with Gasteiger partial charge < -0.3 is 5.11 Å². The molecule has 2 nitrogen and oxygen atoms in total. The van der Waals surface area contributed by atoms with Crippen LogP contribution in [0, 0.1) is 0 Å². The van der Waals surface area contributed by atoms with E-state index in [4.69, 9.17) is 5.11 Å². The molecule has 0 bridgehead atoms. The molecule has 62 valence electrons. The molecule has 0 aliphatic rings. The van der Waals surface area contributed by atoms with Crippen LogP contribution in [0.25, 0.3) is 0 Å². The van der Waals surface area contributed by atoms with Gasteiger partial charge in [-0.15, -0.1) is 0 Å². The molecule has 0 aliphatic carbocycles. The highest BCUT2D eigenvalue weighted by Crippen LogP contribution is 2.01. The van der Waals surface area contributed by atoms with Crippen LogP contribution in [0.4, 0.5) is 0 Å². The lowest BCUT2D eigenvalue weighted by atomic mass is 10.2. The van der Waals surface area contributed by atoms with Gasteiger partial charge in [0.2, 0.25) is 0 Å². The maximum Gasteiger partial charge on any atom is 0.0586 e. The standard InChI is InChI=1S/C8H19NO/c1-4-8(7-10)9(5-2)6-3/h8,10H,4-7H2,1-3H3/t8-/m1/s1. The summed E-state index contributed by atoms with van der Waals surface area (Å²) >= 11 is 0. The fourth-order valence-electron chi connectivity index (χ4n) is 1.24. The lowest BCUT2D eigenvalue weighted by Gasteiger charge is -2.26. The van der Waals surface area contributed by atoms with Crippen LogP contribution in [-0.4, -0.2) is 35.7 Å². The van der Waals surface area contributed by atoms with Gasteiger partial charge in [0.1, 0.15) is 0 Å². The summed E-state index contributed by atoms with van der Waals surface area (Å²) < 4.78 is 0. The van der Waals surface area contributed by atoms with E-state index in [2.05, 4.69) is 25.7 Å². The molecule has 10 heavy (non-hydrogen) atoms. The van der Waals surface area contributed by atoms with Crippen molar-refractivity contribution < 1.29 is 5.11 Å². The average Bonchev–Trinajstić information content (AvgIpc) is 2.00. The van der Waals surface area contributed by atoms with Crippen LogP contribution < -0.4 is 0 Å². The summed E-state index contributed by atoms with van der Waals surface area (Å²) in [5.74, 6) is 0. The van der Waals surface area contributed by atoms with E-state index in [-0.39, 0.29) is 6.61 Å². The summed E-state index contributed by atoms with van der Waals surface area (Å²) in [7, 11) is 0. The molecule has 0 aromatic rings. The summed E-state index contributed by atoms with van der Waals surface area (Å²) in [6.07, 6.45) is 1.04. The van der Waals surface area contributed by atoms with Gasteiger partial charge in [-0.3, -0.25) is 4.90 Å². The number of nitrogens with zero attached hydrogens (tertiary/aromatic N) is 1. The third-order valence-electron chi connectivity index (χ3n) is 2.01. The van der Waals surface area contributed by atoms with Crippen molar-refractivity contribution in [2.45, 2.75) is 33.2 Å². The van der Waals surface area contributed by atoms with Gasteiger partial charge in [0.05, 0.1) is 6.61 Å². The molecule has 0 radical (unpaired) electrons. The summed E-state index contributed by atoms with van der Waals surface area (Å²) in [5, 5.41) is 8.92. The van der Waals surface area contributed by atoms with Crippen LogP contribution in [-0.2, 0) is 0 Å². The molecule has 0 aromatic carbocycles. The van der Waals surface area contributed by atoms with Crippen LogP contribution in [0.2, 0.25) is 0 Å². The molecule has 0 unspecified atom stereocenters. The van der Waals surface area contributed by atoms with Crippen molar-refractivity contribution in [3.8, 4) is 0 Å². The molecular weight excluding hydrogens is 126 g/mol. The van der Waals surface area contributed by atoms with Crippen molar-refractivity contribution >= 4 is 0 Å². The third kappa shape index (κ3) is 2.67. The first-order valence-electron chi connectivity index (χ1n) is 4.14. The number of likely N-dealkylation sites (N-methyl/N-ethyl adjacent to an activating group) is 1. The second-order valence-corrected chi connectivity index (χ2v) is 2.47. The van der Waals surface area contributed by atoms with Crippen LogP contribution >= 0.6 is 0 Å². The minimum Gasteiger partial charge on any atom is -0.395 e. The molecule has 0 aromatic heterocycles. The van der Waals surface area contributed by atoms with Crippen LogP contribution in [0.3, 0.4) is 0 Å². The Morgan fingerprint density at radius 2 is 1.70 bits per heavy atom. The molecule has 0 amide bonds. The summed E-state index contributed by atoms with van der Waals surface area (Å²) in [6.45, 7) is 8.73. The smallest absolute Gasteiger partial charge is 0.0586 e. The van der Waals surface area contributed by atoms with Gasteiger partial charge in [-0.25, -0.2) is 0 Å². The van der Waals surface area contributed by atoms with Gasteiger partial charge in [0, 0.05) is 6.04 Å². The van der Waals surface area contributed by atoms with E-state index < -0.39 is 0 Å². The lowest BCUT2D eigenvalue weighted by molar-refractivity contribution is 0.130. The SMILES string of the molecule is CC[C@H](CO)N(CC)CC. The molecule has 0 spiro atoms. The highest BCUT2D eigenvalue weighted by atomic mass is 16.3. The van der Waals surface area contributed by atoms with E-state index in [1.807, 2.05) is 0 Å². The van der Waals surface area contributed by atoms with Crippen molar-refractivity contribution in [1.82, 2.24) is 4.90 Å². The average molecular weight is 145 g/mol. The fourth-order valence-corrected chi connectivity index (χ4v) is 1.24. The van der Waals surface area contributed by atoms with E-state index in [9.17, 15) is 0 Å². The van der Waals surface area contributed by atoms with Crippen molar-refractivity contribution in [2.24, 2.45) is 0 Å². The molecule has 1 atom stereocenters. The molecule has 2 heteroatoms. The topological polar surface area (TPSA) is 23.5 Å². The zero-order valence-corrected chi connectivity index (χ0v) is 7.30. The van der Waals surface area contributed by atoms with E-state index in [1.54, 1.807) is 0 Å². The molecular formula is C8H19NO. The first-order chi connectivity index (χ1) is 4.79. The predicted octanol–water partition coefficient (Wildman–Crippen LogP) is 1.10. The molecule has 0 fully saturated rings. The van der Waals surface area contributed by atoms with Gasteiger partial charge >= 0.3 is 0 Å². The van der Waals surface area contributed by atoms with Gasteiger partial charge in [-0.2, -0.15) is 0 Å². The highest BCUT2D eigenvalue weighted by Gasteiger charge is 2.10. The quantitative estimate of drug-likeness (QED) is 0.626. The minimum absolute atomic E-state index is 0.290.